The number of carbonyl (C=O) groups excluding carboxylic acids is 1. The van der Waals surface area contributed by atoms with Crippen molar-refractivity contribution in [1.82, 2.24) is 25.3 Å². The Labute approximate surface area is 401 Å². The van der Waals surface area contributed by atoms with Crippen LogP contribution in [-0.2, 0) is 19.0 Å². The van der Waals surface area contributed by atoms with Crippen LogP contribution in [0.25, 0.3) is 33.2 Å². The molecule has 17 heteroatoms. The van der Waals surface area contributed by atoms with E-state index in [9.17, 15) is 35.4 Å². The molecule has 368 valence electrons. The number of nitrogens with zero attached hydrogens (tertiary/aromatic N) is 2. The summed E-state index contributed by atoms with van der Waals surface area (Å²) in [4.78, 5) is 31.4. The number of aromatic amines is 2. The molecule has 0 aliphatic carbocycles. The van der Waals surface area contributed by atoms with E-state index in [-0.39, 0.29) is 42.0 Å². The Kier molecular flexibility index (Phi) is 17.7. The van der Waals surface area contributed by atoms with Crippen molar-refractivity contribution in [2.24, 2.45) is 0 Å². The molecule has 3 aromatic heterocycles. The second-order valence-electron chi connectivity index (χ2n) is 18.5. The molecule has 1 amide bonds. The number of hydrogen-bond acceptors (Lipinski definition) is 14. The number of aryl methyl sites for hydroxylation is 3. The smallest absolute Gasteiger partial charge is 0.220 e. The molecular weight excluding hydrogens is 895 g/mol. The van der Waals surface area contributed by atoms with Gasteiger partial charge in [-0.05, 0) is 124 Å². The number of hydrogen-bond donors (Lipinski definition) is 9. The minimum Gasteiger partial charge on any atom is -0.394 e. The van der Waals surface area contributed by atoms with Crippen molar-refractivity contribution in [3.8, 4) is 0 Å². The molecule has 4 aliphatic heterocycles. The number of fused-ring (bicyclic) bond motifs is 8. The number of nitrogens with one attached hydrogen (secondary N) is 3. The number of aliphatic hydroxyl groups is 6. The van der Waals surface area contributed by atoms with E-state index in [0.717, 1.165) is 91.3 Å². The molecule has 3 aromatic rings. The van der Waals surface area contributed by atoms with Crippen LogP contribution in [0.5, 0.6) is 0 Å². The molecule has 15 nitrogen and oxygen atoms in total. The van der Waals surface area contributed by atoms with Gasteiger partial charge in [-0.3, -0.25) is 9.78 Å². The Hall–Kier alpha value is -3.33. The highest BCUT2D eigenvalue weighted by Crippen LogP contribution is 2.42. The first-order valence-electron chi connectivity index (χ1n) is 23.9. The lowest BCUT2D eigenvalue weighted by Crippen LogP contribution is -2.57. The fourth-order valence-corrected chi connectivity index (χ4v) is 12.1. The Morgan fingerprint density at radius 2 is 1.60 bits per heavy atom. The van der Waals surface area contributed by atoms with Crippen molar-refractivity contribution in [2.45, 2.75) is 159 Å². The van der Waals surface area contributed by atoms with Crippen molar-refractivity contribution in [2.75, 3.05) is 37.9 Å². The predicted molar refractivity (Wildman–Crippen MR) is 265 cm³/mol. The zero-order valence-corrected chi connectivity index (χ0v) is 41.5. The Morgan fingerprint density at radius 3 is 2.34 bits per heavy atom. The highest BCUT2D eigenvalue weighted by Gasteiger charge is 2.43. The standard InChI is InChI=1S/C50H71N5O10S2/c1-8-33-26(3)37-22-41-45(30(7)63-14-10-16-67-50-49(62)48(61)47(60)42(24-57)65-50)28(5)39(54-41)21-38-27(4)34(46(55-38)29(6)36-17-25(2)35(52-36)20-40(33)53-37)11-12-43(59)51-13-9-15-66-44-19-31(58)18-32(23-56)64-44/h17,20-22,27,30-32,34,42,44,47-50,52,54,56-58,60-62H,8-16,18-19,23-24H2,1-7H3,(H,51,59)/t27-,30?,31-,32-,34-,42+,44-,47+,48-,49+,50-/m0/s1. The quantitative estimate of drug-likeness (QED) is 0.0633. The highest BCUT2D eigenvalue weighted by molar-refractivity contribution is 8.00. The second kappa shape index (κ2) is 23.1. The molecule has 9 N–H and O–H groups in total. The zero-order chi connectivity index (χ0) is 48.1. The van der Waals surface area contributed by atoms with Crippen molar-refractivity contribution >= 4 is 62.6 Å². The van der Waals surface area contributed by atoms with Gasteiger partial charge in [0.05, 0.1) is 42.9 Å². The third kappa shape index (κ3) is 11.8. The summed E-state index contributed by atoms with van der Waals surface area (Å²) in [6.07, 6.45) is -1.98. The molecule has 0 aromatic carbocycles. The van der Waals surface area contributed by atoms with Crippen LogP contribution in [0.3, 0.4) is 0 Å². The van der Waals surface area contributed by atoms with Crippen LogP contribution >= 0.6 is 23.5 Å². The molecule has 4 aliphatic rings. The van der Waals surface area contributed by atoms with E-state index in [2.05, 4.69) is 81.1 Å². The maximum atomic E-state index is 13.3. The molecule has 67 heavy (non-hydrogen) atoms. The number of H-pyrrole nitrogens is 2. The lowest BCUT2D eigenvalue weighted by Gasteiger charge is -2.39. The summed E-state index contributed by atoms with van der Waals surface area (Å²) in [7, 11) is 0. The number of rotatable bonds is 18. The first kappa shape index (κ1) is 51.5. The summed E-state index contributed by atoms with van der Waals surface area (Å²) in [5.41, 5.74) is 13.0. The van der Waals surface area contributed by atoms with Crippen molar-refractivity contribution in [3.63, 3.8) is 0 Å². The van der Waals surface area contributed by atoms with Crippen LogP contribution in [0.4, 0.5) is 0 Å². The zero-order valence-electron chi connectivity index (χ0n) is 39.9. The summed E-state index contributed by atoms with van der Waals surface area (Å²) in [6.45, 7) is 15.2. The largest absolute Gasteiger partial charge is 0.394 e. The van der Waals surface area contributed by atoms with E-state index in [0.29, 0.717) is 51.0 Å². The highest BCUT2D eigenvalue weighted by atomic mass is 32.2. The first-order chi connectivity index (χ1) is 32.1. The summed E-state index contributed by atoms with van der Waals surface area (Å²) in [5.74, 6) is 1.33. The van der Waals surface area contributed by atoms with Crippen LogP contribution in [0.15, 0.2) is 24.3 Å². The third-order valence-corrected chi connectivity index (χ3v) is 16.3. The molecule has 7 rings (SSSR count). The van der Waals surface area contributed by atoms with Gasteiger partial charge >= 0.3 is 0 Å². The molecule has 8 bridgehead atoms. The van der Waals surface area contributed by atoms with Gasteiger partial charge in [0.25, 0.3) is 0 Å². The Bertz CT molecular complexity index is 2410. The molecule has 11 atom stereocenters. The van der Waals surface area contributed by atoms with Gasteiger partial charge in [-0.2, -0.15) is 0 Å². The first-order valence-corrected chi connectivity index (χ1v) is 26.0. The van der Waals surface area contributed by atoms with Gasteiger partial charge in [-0.25, -0.2) is 4.98 Å². The van der Waals surface area contributed by atoms with Gasteiger partial charge in [-0.15, -0.1) is 23.5 Å². The predicted octanol–water partition coefficient (Wildman–Crippen LogP) is 6.35. The summed E-state index contributed by atoms with van der Waals surface area (Å²) in [6, 6.07) is 8.59. The normalized spacial score (nSPS) is 27.1. The molecule has 7 heterocycles. The van der Waals surface area contributed by atoms with Crippen LogP contribution in [0.2, 0.25) is 0 Å². The fourth-order valence-electron chi connectivity index (χ4n) is 9.80. The summed E-state index contributed by atoms with van der Waals surface area (Å²) < 4.78 is 18.1. The van der Waals surface area contributed by atoms with E-state index < -0.39 is 42.6 Å². The maximum Gasteiger partial charge on any atom is 0.220 e. The monoisotopic (exact) mass is 965 g/mol. The number of aromatic nitrogens is 4. The number of amides is 1. The molecule has 0 saturated carbocycles. The van der Waals surface area contributed by atoms with Crippen LogP contribution in [0.1, 0.15) is 136 Å². The molecule has 0 radical (unpaired) electrons. The fraction of sp³-hybridized carbons (Fsp3) is 0.620. The van der Waals surface area contributed by atoms with Crippen LogP contribution < -0.4 is 5.32 Å². The van der Waals surface area contributed by atoms with Gasteiger partial charge < -0.3 is 60.1 Å². The second-order valence-corrected chi connectivity index (χ2v) is 21.0. The van der Waals surface area contributed by atoms with Crippen molar-refractivity contribution in [3.05, 3.63) is 69.3 Å². The summed E-state index contributed by atoms with van der Waals surface area (Å²) >= 11 is 2.93. The Balaban J connectivity index is 1.13. The molecule has 0 spiro atoms. The number of ether oxygens (including phenoxy) is 3. The average molecular weight is 966 g/mol. The molecule has 2 saturated heterocycles. The minimum atomic E-state index is -1.41. The average Bonchev–Trinajstić information content (AvgIpc) is 4.02. The van der Waals surface area contributed by atoms with Crippen molar-refractivity contribution < 1.29 is 49.6 Å². The molecule has 2 fully saturated rings. The summed E-state index contributed by atoms with van der Waals surface area (Å²) in [5, 5.41) is 63.3. The third-order valence-electron chi connectivity index (χ3n) is 13.8. The molecule has 1 unspecified atom stereocenters. The number of aliphatic hydroxyl groups excluding tert-OH is 6. The van der Waals surface area contributed by atoms with E-state index in [1.54, 1.807) is 11.8 Å². The lowest BCUT2D eigenvalue weighted by atomic mass is 9.86. The van der Waals surface area contributed by atoms with Gasteiger partial charge in [-0.1, -0.05) is 13.8 Å². The molecular formula is C50H71N5O10S2. The van der Waals surface area contributed by atoms with Gasteiger partial charge in [0.15, 0.2) is 0 Å². The topological polar surface area (TPSA) is 236 Å². The van der Waals surface area contributed by atoms with E-state index >= 15 is 0 Å². The van der Waals surface area contributed by atoms with Crippen LogP contribution in [-0.4, -0.2) is 142 Å². The lowest BCUT2D eigenvalue weighted by molar-refractivity contribution is -0.205. The maximum absolute atomic E-state index is 13.3. The van der Waals surface area contributed by atoms with E-state index in [1.165, 1.54) is 17.3 Å². The number of thioether (sulfide) groups is 2. The Morgan fingerprint density at radius 1 is 0.866 bits per heavy atom. The van der Waals surface area contributed by atoms with Crippen molar-refractivity contribution in [1.29, 1.82) is 0 Å². The SMILES string of the molecule is CCC1=C(C)c2cc3[nH]c(cc4nc(c(C)c5cc(C)c(cc1n2)[nH]5)[C@@H](CCC(=O)NCCCS[C@H]1C[C@@H](O)C[C@@H](CO)O1)[C@@H]4C)c(C)c3C(C)OCCCS[C@@H]1O[C@H](CO)[C@@H](O)[C@H](O)[C@H]1O. The van der Waals surface area contributed by atoms with E-state index in [1.807, 2.05) is 6.92 Å². The number of carbonyl (C=O) groups is 1. The van der Waals surface area contributed by atoms with Gasteiger partial charge in [0.2, 0.25) is 5.91 Å². The minimum absolute atomic E-state index is 0.00258. The van der Waals surface area contributed by atoms with Crippen LogP contribution in [0, 0.1) is 20.8 Å². The van der Waals surface area contributed by atoms with Gasteiger partial charge in [0, 0.05) is 83.3 Å². The van der Waals surface area contributed by atoms with E-state index in [4.69, 9.17) is 24.2 Å². The van der Waals surface area contributed by atoms with Gasteiger partial charge in [0.1, 0.15) is 35.3 Å². The number of allylic oxidation sites excluding steroid dienone is 2.